The largest absolute Gasteiger partial charge is 0.126 e. The molecule has 0 fully saturated rings. The van der Waals surface area contributed by atoms with E-state index in [1.807, 2.05) is 0 Å². The second-order valence-corrected chi connectivity index (χ2v) is 5.26. The third kappa shape index (κ3) is 3.36. The Morgan fingerprint density at radius 3 is 2.28 bits per heavy atom. The van der Waals surface area contributed by atoms with Gasteiger partial charge in [0.05, 0.1) is 0 Å². The molecule has 1 heteroatoms. The maximum atomic E-state index is 6.14. The zero-order valence-electron chi connectivity index (χ0n) is 11.0. The van der Waals surface area contributed by atoms with Crippen molar-refractivity contribution in [2.45, 2.75) is 26.2 Å². The predicted octanol–water partition coefficient (Wildman–Crippen LogP) is 4.87. The quantitative estimate of drug-likeness (QED) is 0.687. The van der Waals surface area contributed by atoms with Crippen LogP contribution >= 0.6 is 11.6 Å². The van der Waals surface area contributed by atoms with Crippen LogP contribution in [0.3, 0.4) is 0 Å². The Kier molecular flexibility index (Phi) is 4.43. The minimum absolute atomic E-state index is 0.397. The van der Waals surface area contributed by atoms with Crippen molar-refractivity contribution >= 4 is 11.6 Å². The van der Waals surface area contributed by atoms with Gasteiger partial charge in [-0.25, -0.2) is 0 Å². The Labute approximate surface area is 115 Å². The van der Waals surface area contributed by atoms with Crippen molar-refractivity contribution in [2.24, 2.45) is 0 Å². The SMILES string of the molecule is Cc1ccc(CC(CCl)c2cccc(C)c2)cc1. The topological polar surface area (TPSA) is 0 Å². The molecule has 0 spiro atoms. The molecule has 0 aliphatic rings. The highest BCUT2D eigenvalue weighted by molar-refractivity contribution is 6.18. The summed E-state index contributed by atoms with van der Waals surface area (Å²) < 4.78 is 0. The molecule has 2 aromatic rings. The van der Waals surface area contributed by atoms with Gasteiger partial charge < -0.3 is 0 Å². The molecule has 2 aromatic carbocycles. The zero-order valence-corrected chi connectivity index (χ0v) is 11.7. The summed E-state index contributed by atoms with van der Waals surface area (Å²) in [6.45, 7) is 4.24. The van der Waals surface area contributed by atoms with Crippen molar-refractivity contribution < 1.29 is 0 Å². The lowest BCUT2D eigenvalue weighted by molar-refractivity contribution is 0.765. The van der Waals surface area contributed by atoms with Gasteiger partial charge in [0.1, 0.15) is 0 Å². The average Bonchev–Trinajstić information content (AvgIpc) is 2.38. The van der Waals surface area contributed by atoms with Crippen molar-refractivity contribution in [1.29, 1.82) is 0 Å². The molecule has 0 bridgehead atoms. The standard InChI is InChI=1S/C17H19Cl/c1-13-6-8-15(9-7-13)11-17(12-18)16-5-3-4-14(2)10-16/h3-10,17H,11-12H2,1-2H3. The van der Waals surface area contributed by atoms with Gasteiger partial charge in [-0.15, -0.1) is 11.6 Å². The summed E-state index contributed by atoms with van der Waals surface area (Å²) in [7, 11) is 0. The molecule has 0 heterocycles. The first-order chi connectivity index (χ1) is 8.69. The van der Waals surface area contributed by atoms with E-state index in [0.717, 1.165) is 6.42 Å². The molecule has 0 N–H and O–H groups in total. The van der Waals surface area contributed by atoms with Crippen molar-refractivity contribution in [2.75, 3.05) is 5.88 Å². The first kappa shape index (κ1) is 13.2. The molecule has 0 aliphatic heterocycles. The van der Waals surface area contributed by atoms with Crippen LogP contribution in [0.15, 0.2) is 48.5 Å². The predicted molar refractivity (Wildman–Crippen MR) is 79.5 cm³/mol. The van der Waals surface area contributed by atoms with E-state index >= 15 is 0 Å². The van der Waals surface area contributed by atoms with Gasteiger partial charge in [0, 0.05) is 11.8 Å². The van der Waals surface area contributed by atoms with Crippen molar-refractivity contribution in [3.05, 3.63) is 70.8 Å². The summed E-state index contributed by atoms with van der Waals surface area (Å²) in [6.07, 6.45) is 1.01. The molecule has 0 aliphatic carbocycles. The molecule has 2 rings (SSSR count). The Bertz CT molecular complexity index is 499. The van der Waals surface area contributed by atoms with Crippen LogP contribution in [0.5, 0.6) is 0 Å². The van der Waals surface area contributed by atoms with Gasteiger partial charge in [-0.2, -0.15) is 0 Å². The monoisotopic (exact) mass is 258 g/mol. The highest BCUT2D eigenvalue weighted by Crippen LogP contribution is 2.23. The van der Waals surface area contributed by atoms with Crippen LogP contribution in [0.2, 0.25) is 0 Å². The van der Waals surface area contributed by atoms with Crippen LogP contribution in [0.4, 0.5) is 0 Å². The number of benzene rings is 2. The lowest BCUT2D eigenvalue weighted by Crippen LogP contribution is -2.05. The van der Waals surface area contributed by atoms with E-state index in [-0.39, 0.29) is 0 Å². The lowest BCUT2D eigenvalue weighted by Gasteiger charge is -2.15. The third-order valence-corrected chi connectivity index (χ3v) is 3.68. The Hall–Kier alpha value is -1.27. The third-order valence-electron chi connectivity index (χ3n) is 3.30. The highest BCUT2D eigenvalue weighted by atomic mass is 35.5. The van der Waals surface area contributed by atoms with Crippen LogP contribution in [0.1, 0.15) is 28.2 Å². The van der Waals surface area contributed by atoms with Crippen LogP contribution in [-0.4, -0.2) is 5.88 Å². The average molecular weight is 259 g/mol. The van der Waals surface area contributed by atoms with Crippen LogP contribution < -0.4 is 0 Å². The molecule has 0 saturated carbocycles. The smallest absolute Gasteiger partial charge is 0.0295 e. The molecule has 1 unspecified atom stereocenters. The molecule has 94 valence electrons. The Morgan fingerprint density at radius 2 is 1.67 bits per heavy atom. The van der Waals surface area contributed by atoms with Crippen molar-refractivity contribution in [3.8, 4) is 0 Å². The number of rotatable bonds is 4. The van der Waals surface area contributed by atoms with Gasteiger partial charge in [-0.3, -0.25) is 0 Å². The minimum Gasteiger partial charge on any atom is -0.126 e. The summed E-state index contributed by atoms with van der Waals surface area (Å²) >= 11 is 6.14. The van der Waals surface area contributed by atoms with Gasteiger partial charge in [0.25, 0.3) is 0 Å². The summed E-state index contributed by atoms with van der Waals surface area (Å²) in [5.41, 5.74) is 5.29. The second kappa shape index (κ2) is 6.06. The summed E-state index contributed by atoms with van der Waals surface area (Å²) in [5, 5.41) is 0. The molecule has 1 atom stereocenters. The fraction of sp³-hybridized carbons (Fsp3) is 0.294. The van der Waals surface area contributed by atoms with E-state index < -0.39 is 0 Å². The maximum Gasteiger partial charge on any atom is 0.0295 e. The van der Waals surface area contributed by atoms with E-state index in [2.05, 4.69) is 62.4 Å². The van der Waals surface area contributed by atoms with E-state index in [1.54, 1.807) is 0 Å². The number of aryl methyl sites for hydroxylation is 2. The molecular weight excluding hydrogens is 240 g/mol. The number of hydrogen-bond acceptors (Lipinski definition) is 0. The number of halogens is 1. The van der Waals surface area contributed by atoms with E-state index in [1.165, 1.54) is 22.3 Å². The van der Waals surface area contributed by atoms with Gasteiger partial charge in [0.2, 0.25) is 0 Å². The fourth-order valence-electron chi connectivity index (χ4n) is 2.19. The summed E-state index contributed by atoms with van der Waals surface area (Å²) in [4.78, 5) is 0. The van der Waals surface area contributed by atoms with Crippen molar-refractivity contribution in [1.82, 2.24) is 0 Å². The first-order valence-corrected chi connectivity index (χ1v) is 6.90. The van der Waals surface area contributed by atoms with Crippen LogP contribution in [0.25, 0.3) is 0 Å². The zero-order chi connectivity index (χ0) is 13.0. The normalized spacial score (nSPS) is 12.4. The summed E-state index contributed by atoms with van der Waals surface area (Å²) in [6, 6.07) is 17.4. The molecule has 0 aromatic heterocycles. The minimum atomic E-state index is 0.397. The Balaban J connectivity index is 2.17. The molecule has 18 heavy (non-hydrogen) atoms. The molecular formula is C17H19Cl. The van der Waals surface area contributed by atoms with E-state index in [9.17, 15) is 0 Å². The van der Waals surface area contributed by atoms with Crippen LogP contribution in [0, 0.1) is 13.8 Å². The van der Waals surface area contributed by atoms with Gasteiger partial charge in [-0.1, -0.05) is 59.7 Å². The van der Waals surface area contributed by atoms with Gasteiger partial charge in [0.15, 0.2) is 0 Å². The first-order valence-electron chi connectivity index (χ1n) is 6.37. The lowest BCUT2D eigenvalue weighted by atomic mass is 9.92. The second-order valence-electron chi connectivity index (χ2n) is 4.96. The molecule has 0 saturated heterocycles. The van der Waals surface area contributed by atoms with Gasteiger partial charge >= 0.3 is 0 Å². The summed E-state index contributed by atoms with van der Waals surface area (Å²) in [5.74, 6) is 1.06. The Morgan fingerprint density at radius 1 is 0.944 bits per heavy atom. The highest BCUT2D eigenvalue weighted by Gasteiger charge is 2.11. The van der Waals surface area contributed by atoms with Crippen LogP contribution in [-0.2, 0) is 6.42 Å². The number of hydrogen-bond donors (Lipinski definition) is 0. The van der Waals surface area contributed by atoms with E-state index in [0.29, 0.717) is 11.8 Å². The maximum absolute atomic E-state index is 6.14. The molecule has 0 nitrogen and oxygen atoms in total. The van der Waals surface area contributed by atoms with Crippen molar-refractivity contribution in [3.63, 3.8) is 0 Å². The number of alkyl halides is 1. The fourth-order valence-corrected chi connectivity index (χ4v) is 2.48. The molecule has 0 radical (unpaired) electrons. The van der Waals surface area contributed by atoms with E-state index in [4.69, 9.17) is 11.6 Å². The molecule has 0 amide bonds. The van der Waals surface area contributed by atoms with Gasteiger partial charge in [-0.05, 0) is 31.4 Å².